The van der Waals surface area contributed by atoms with Gasteiger partial charge in [0.2, 0.25) is 0 Å². The van der Waals surface area contributed by atoms with Gasteiger partial charge in [0, 0.05) is 16.2 Å². The Morgan fingerprint density at radius 1 is 1.22 bits per heavy atom. The zero-order valence-corrected chi connectivity index (χ0v) is 12.6. The molecule has 1 saturated carbocycles. The van der Waals surface area contributed by atoms with Gasteiger partial charge in [-0.25, -0.2) is 0 Å². The lowest BCUT2D eigenvalue weighted by atomic mass is 9.89. The van der Waals surface area contributed by atoms with E-state index in [1.54, 1.807) is 0 Å². The molecule has 1 fully saturated rings. The lowest BCUT2D eigenvalue weighted by Gasteiger charge is -2.26. The fraction of sp³-hybridized carbons (Fsp3) is 0.750. The Kier molecular flexibility index (Phi) is 4.85. The second kappa shape index (κ2) is 6.21. The summed E-state index contributed by atoms with van der Waals surface area (Å²) >= 11 is 1.88. The maximum absolute atomic E-state index is 10.8. The molecule has 2 heteroatoms. The van der Waals surface area contributed by atoms with E-state index < -0.39 is 5.60 Å². The van der Waals surface area contributed by atoms with E-state index in [0.29, 0.717) is 0 Å². The van der Waals surface area contributed by atoms with Gasteiger partial charge in [0.05, 0.1) is 5.60 Å². The summed E-state index contributed by atoms with van der Waals surface area (Å²) in [4.78, 5) is 2.80. The summed E-state index contributed by atoms with van der Waals surface area (Å²) in [5.41, 5.74) is -0.431. The van der Waals surface area contributed by atoms with Crippen molar-refractivity contribution >= 4 is 11.3 Å². The molecule has 2 unspecified atom stereocenters. The average molecular weight is 266 g/mol. The van der Waals surface area contributed by atoms with Crippen molar-refractivity contribution < 1.29 is 5.11 Å². The number of aryl methyl sites for hydroxylation is 1. The lowest BCUT2D eigenvalue weighted by molar-refractivity contribution is 0.0249. The smallest absolute Gasteiger partial charge is 0.0696 e. The van der Waals surface area contributed by atoms with Crippen LogP contribution in [0.15, 0.2) is 12.1 Å². The highest BCUT2D eigenvalue weighted by Gasteiger charge is 2.31. The third kappa shape index (κ3) is 3.58. The molecule has 0 spiro atoms. The summed E-state index contributed by atoms with van der Waals surface area (Å²) in [5.74, 6) is 0.841. The van der Waals surface area contributed by atoms with Crippen LogP contribution in [-0.2, 0) is 12.8 Å². The van der Waals surface area contributed by atoms with Crippen molar-refractivity contribution in [3.05, 3.63) is 21.9 Å². The number of rotatable bonds is 4. The second-order valence-corrected chi connectivity index (χ2v) is 7.08. The Morgan fingerprint density at radius 2 is 2.00 bits per heavy atom. The van der Waals surface area contributed by atoms with Crippen LogP contribution in [0.1, 0.15) is 62.1 Å². The molecule has 1 nitrogen and oxygen atoms in total. The Balaban J connectivity index is 1.98. The minimum Gasteiger partial charge on any atom is -0.390 e. The summed E-state index contributed by atoms with van der Waals surface area (Å²) in [5, 5.41) is 10.8. The molecule has 18 heavy (non-hydrogen) atoms. The minimum absolute atomic E-state index is 0.431. The van der Waals surface area contributed by atoms with Crippen LogP contribution in [-0.4, -0.2) is 10.7 Å². The SMILES string of the molecule is CCc1ccc(CC2(O)CCCC(CC)CC2)s1. The fourth-order valence-electron chi connectivity index (χ4n) is 3.08. The maximum atomic E-state index is 10.8. The standard InChI is InChI=1S/C16H26OS/c1-3-13-6-5-10-16(17,11-9-13)12-15-8-7-14(4-2)18-15/h7-8,13,17H,3-6,9-12H2,1-2H3. The molecular weight excluding hydrogens is 240 g/mol. The Hall–Kier alpha value is -0.340. The summed E-state index contributed by atoms with van der Waals surface area (Å²) < 4.78 is 0. The van der Waals surface area contributed by atoms with Crippen LogP contribution in [0, 0.1) is 5.92 Å². The lowest BCUT2D eigenvalue weighted by Crippen LogP contribution is -2.30. The molecule has 0 aromatic carbocycles. The van der Waals surface area contributed by atoms with Crippen molar-refractivity contribution in [3.8, 4) is 0 Å². The largest absolute Gasteiger partial charge is 0.390 e. The summed E-state index contributed by atoms with van der Waals surface area (Å²) in [6.45, 7) is 4.48. The average Bonchev–Trinajstić information content (AvgIpc) is 2.72. The first kappa shape index (κ1) is 14.1. The molecule has 102 valence electrons. The van der Waals surface area contributed by atoms with E-state index in [9.17, 15) is 5.11 Å². The van der Waals surface area contributed by atoms with Crippen LogP contribution in [0.2, 0.25) is 0 Å². The highest BCUT2D eigenvalue weighted by Crippen LogP contribution is 2.35. The number of hydrogen-bond acceptors (Lipinski definition) is 2. The van der Waals surface area contributed by atoms with Crippen molar-refractivity contribution in [3.63, 3.8) is 0 Å². The van der Waals surface area contributed by atoms with Gasteiger partial charge in [-0.1, -0.05) is 33.1 Å². The molecule has 1 aliphatic carbocycles. The molecule has 0 amide bonds. The molecule has 2 rings (SSSR count). The van der Waals surface area contributed by atoms with E-state index in [1.165, 1.54) is 35.4 Å². The molecule has 0 saturated heterocycles. The number of hydrogen-bond donors (Lipinski definition) is 1. The van der Waals surface area contributed by atoms with Gasteiger partial charge in [0.25, 0.3) is 0 Å². The van der Waals surface area contributed by atoms with Gasteiger partial charge in [-0.3, -0.25) is 0 Å². The van der Waals surface area contributed by atoms with Crippen LogP contribution in [0.5, 0.6) is 0 Å². The van der Waals surface area contributed by atoms with Crippen molar-refractivity contribution in [1.29, 1.82) is 0 Å². The molecular formula is C16H26OS. The topological polar surface area (TPSA) is 20.2 Å². The third-order valence-electron chi connectivity index (χ3n) is 4.42. The highest BCUT2D eigenvalue weighted by atomic mass is 32.1. The molecule has 0 bridgehead atoms. The van der Waals surface area contributed by atoms with Crippen molar-refractivity contribution in [2.45, 2.75) is 70.8 Å². The van der Waals surface area contributed by atoms with Gasteiger partial charge in [-0.05, 0) is 43.7 Å². The Labute approximate surface area is 115 Å². The van der Waals surface area contributed by atoms with Crippen LogP contribution in [0.4, 0.5) is 0 Å². The molecule has 0 aliphatic heterocycles. The van der Waals surface area contributed by atoms with Crippen molar-refractivity contribution in [2.24, 2.45) is 5.92 Å². The van der Waals surface area contributed by atoms with Crippen LogP contribution >= 0.6 is 11.3 Å². The van der Waals surface area contributed by atoms with Gasteiger partial charge in [0.1, 0.15) is 0 Å². The molecule has 1 aliphatic rings. The second-order valence-electron chi connectivity index (χ2n) is 5.83. The van der Waals surface area contributed by atoms with E-state index in [4.69, 9.17) is 0 Å². The highest BCUT2D eigenvalue weighted by molar-refractivity contribution is 7.12. The maximum Gasteiger partial charge on any atom is 0.0696 e. The van der Waals surface area contributed by atoms with E-state index in [2.05, 4.69) is 26.0 Å². The van der Waals surface area contributed by atoms with Crippen LogP contribution in [0.3, 0.4) is 0 Å². The molecule has 1 heterocycles. The Bertz CT molecular complexity index is 371. The predicted octanol–water partition coefficient (Wildman–Crippen LogP) is 4.57. The van der Waals surface area contributed by atoms with Crippen LogP contribution < -0.4 is 0 Å². The van der Waals surface area contributed by atoms with E-state index in [1.807, 2.05) is 11.3 Å². The molecule has 1 N–H and O–H groups in total. The molecule has 1 aromatic rings. The van der Waals surface area contributed by atoms with Crippen LogP contribution in [0.25, 0.3) is 0 Å². The third-order valence-corrected chi connectivity index (χ3v) is 5.65. The first-order chi connectivity index (χ1) is 8.65. The predicted molar refractivity (Wildman–Crippen MR) is 79.2 cm³/mol. The fourth-order valence-corrected chi connectivity index (χ4v) is 4.17. The van der Waals surface area contributed by atoms with Gasteiger partial charge >= 0.3 is 0 Å². The molecule has 0 radical (unpaired) electrons. The van der Waals surface area contributed by atoms with Gasteiger partial charge < -0.3 is 5.11 Å². The minimum atomic E-state index is -0.431. The number of aliphatic hydroxyl groups is 1. The molecule has 2 atom stereocenters. The normalized spacial score (nSPS) is 29.2. The number of thiophene rings is 1. The van der Waals surface area contributed by atoms with Gasteiger partial charge in [-0.15, -0.1) is 11.3 Å². The summed E-state index contributed by atoms with van der Waals surface area (Å²) in [6, 6.07) is 4.43. The van der Waals surface area contributed by atoms with Gasteiger partial charge in [-0.2, -0.15) is 0 Å². The Morgan fingerprint density at radius 3 is 2.67 bits per heavy atom. The summed E-state index contributed by atoms with van der Waals surface area (Å²) in [6.07, 6.45) is 8.95. The first-order valence-corrected chi connectivity index (χ1v) is 8.27. The quantitative estimate of drug-likeness (QED) is 0.791. The zero-order chi connectivity index (χ0) is 13.0. The molecule has 1 aromatic heterocycles. The van der Waals surface area contributed by atoms with E-state index in [-0.39, 0.29) is 0 Å². The van der Waals surface area contributed by atoms with Crippen molar-refractivity contribution in [1.82, 2.24) is 0 Å². The van der Waals surface area contributed by atoms with E-state index in [0.717, 1.165) is 31.6 Å². The monoisotopic (exact) mass is 266 g/mol. The zero-order valence-electron chi connectivity index (χ0n) is 11.7. The van der Waals surface area contributed by atoms with E-state index >= 15 is 0 Å². The first-order valence-electron chi connectivity index (χ1n) is 7.45. The summed E-state index contributed by atoms with van der Waals surface area (Å²) in [7, 11) is 0. The van der Waals surface area contributed by atoms with Crippen molar-refractivity contribution in [2.75, 3.05) is 0 Å². The van der Waals surface area contributed by atoms with Gasteiger partial charge in [0.15, 0.2) is 0 Å².